The summed E-state index contributed by atoms with van der Waals surface area (Å²) in [5.41, 5.74) is 0.545. The molecule has 0 heterocycles. The summed E-state index contributed by atoms with van der Waals surface area (Å²) < 4.78 is 27.7. The minimum absolute atomic E-state index is 0.0362. The third kappa shape index (κ3) is 6.70. The van der Waals surface area contributed by atoms with Gasteiger partial charge in [0.1, 0.15) is 0 Å². The van der Waals surface area contributed by atoms with Crippen molar-refractivity contribution in [1.82, 2.24) is 10.6 Å². The van der Waals surface area contributed by atoms with E-state index in [-0.39, 0.29) is 28.8 Å². The minimum atomic E-state index is -3.88. The molecule has 9 heteroatoms. The Labute approximate surface area is 187 Å². The number of halogens is 1. The Morgan fingerprint density at radius 2 is 1.65 bits per heavy atom. The number of sulfonamides is 1. The van der Waals surface area contributed by atoms with Gasteiger partial charge in [0.05, 0.1) is 10.6 Å². The van der Waals surface area contributed by atoms with Gasteiger partial charge in [-0.2, -0.15) is 0 Å². The van der Waals surface area contributed by atoms with Gasteiger partial charge in [0.15, 0.2) is 0 Å². The number of amides is 2. The lowest BCUT2D eigenvalue weighted by atomic mass is 9.89. The van der Waals surface area contributed by atoms with Crippen LogP contribution in [0.15, 0.2) is 53.4 Å². The summed E-state index contributed by atoms with van der Waals surface area (Å²) in [4.78, 5) is 24.5. The summed E-state index contributed by atoms with van der Waals surface area (Å²) >= 11 is 5.90. The summed E-state index contributed by atoms with van der Waals surface area (Å²) in [6.45, 7) is 0.588. The molecule has 0 atom stereocenters. The third-order valence-corrected chi connectivity index (χ3v) is 6.78. The van der Waals surface area contributed by atoms with Crippen LogP contribution in [0.2, 0.25) is 5.02 Å². The van der Waals surface area contributed by atoms with E-state index in [4.69, 9.17) is 11.6 Å². The molecule has 1 aliphatic rings. The van der Waals surface area contributed by atoms with Crippen molar-refractivity contribution in [2.24, 2.45) is 5.92 Å². The zero-order valence-electron chi connectivity index (χ0n) is 17.1. The van der Waals surface area contributed by atoms with Crippen LogP contribution in [0.5, 0.6) is 0 Å². The lowest BCUT2D eigenvalue weighted by Crippen LogP contribution is -2.38. The van der Waals surface area contributed by atoms with E-state index in [0.29, 0.717) is 17.3 Å². The highest BCUT2D eigenvalue weighted by molar-refractivity contribution is 7.92. The molecule has 0 aliphatic heterocycles. The first kappa shape index (κ1) is 23.1. The number of rotatable bonds is 8. The molecule has 1 saturated carbocycles. The zero-order valence-corrected chi connectivity index (χ0v) is 18.6. The smallest absolute Gasteiger partial charge is 0.261 e. The van der Waals surface area contributed by atoms with Gasteiger partial charge >= 0.3 is 0 Å². The maximum atomic E-state index is 12.6. The highest BCUT2D eigenvalue weighted by atomic mass is 35.5. The van der Waals surface area contributed by atoms with Crippen LogP contribution in [-0.4, -0.2) is 33.3 Å². The Bertz CT molecular complexity index is 1040. The molecule has 0 aromatic heterocycles. The number of benzene rings is 2. The fourth-order valence-corrected chi connectivity index (χ4v) is 4.83. The molecular formula is C22H26ClN3O4S. The van der Waals surface area contributed by atoms with Gasteiger partial charge < -0.3 is 10.6 Å². The molecule has 31 heavy (non-hydrogen) atoms. The van der Waals surface area contributed by atoms with Crippen molar-refractivity contribution in [1.29, 1.82) is 0 Å². The van der Waals surface area contributed by atoms with E-state index in [2.05, 4.69) is 15.4 Å². The van der Waals surface area contributed by atoms with E-state index in [0.717, 1.165) is 25.7 Å². The van der Waals surface area contributed by atoms with Gasteiger partial charge in [0, 0.05) is 29.6 Å². The van der Waals surface area contributed by atoms with Gasteiger partial charge in [-0.1, -0.05) is 43.0 Å². The quantitative estimate of drug-likeness (QED) is 0.520. The molecule has 1 fully saturated rings. The molecule has 0 spiro atoms. The van der Waals surface area contributed by atoms with E-state index in [9.17, 15) is 18.0 Å². The maximum absolute atomic E-state index is 12.6. The highest BCUT2D eigenvalue weighted by Crippen LogP contribution is 2.23. The van der Waals surface area contributed by atoms with E-state index in [1.165, 1.54) is 36.8 Å². The van der Waals surface area contributed by atoms with Crippen LogP contribution in [-0.2, 0) is 14.8 Å². The lowest BCUT2D eigenvalue weighted by molar-refractivity contribution is -0.125. The van der Waals surface area contributed by atoms with Crippen LogP contribution in [0.1, 0.15) is 42.5 Å². The second-order valence-electron chi connectivity index (χ2n) is 7.53. The summed E-state index contributed by atoms with van der Waals surface area (Å²) in [6.07, 6.45) is 5.19. The predicted molar refractivity (Wildman–Crippen MR) is 121 cm³/mol. The van der Waals surface area contributed by atoms with E-state index >= 15 is 0 Å². The monoisotopic (exact) mass is 463 g/mol. The van der Waals surface area contributed by atoms with Crippen LogP contribution in [0.3, 0.4) is 0 Å². The minimum Gasteiger partial charge on any atom is -0.354 e. The second kappa shape index (κ2) is 10.6. The number of carbonyl (C=O) groups excluding carboxylic acids is 2. The number of anilines is 1. The van der Waals surface area contributed by atoms with Crippen LogP contribution in [0.25, 0.3) is 0 Å². The van der Waals surface area contributed by atoms with Gasteiger partial charge in [-0.05, 0) is 49.2 Å². The van der Waals surface area contributed by atoms with Crippen molar-refractivity contribution >= 4 is 39.1 Å². The normalized spacial score (nSPS) is 14.6. The first-order valence-corrected chi connectivity index (χ1v) is 12.2. The zero-order chi connectivity index (χ0) is 22.3. The van der Waals surface area contributed by atoms with Gasteiger partial charge in [-0.3, -0.25) is 14.3 Å². The van der Waals surface area contributed by atoms with Crippen LogP contribution >= 0.6 is 11.6 Å². The third-order valence-electron chi connectivity index (χ3n) is 5.17. The molecular weight excluding hydrogens is 438 g/mol. The number of hydrogen-bond acceptors (Lipinski definition) is 4. The Morgan fingerprint density at radius 3 is 2.39 bits per heavy atom. The van der Waals surface area contributed by atoms with Gasteiger partial charge in [-0.15, -0.1) is 0 Å². The molecule has 0 bridgehead atoms. The Kier molecular flexibility index (Phi) is 7.92. The van der Waals surface area contributed by atoms with Crippen LogP contribution in [0, 0.1) is 5.92 Å². The van der Waals surface area contributed by atoms with Crippen LogP contribution in [0.4, 0.5) is 5.69 Å². The van der Waals surface area contributed by atoms with Crippen molar-refractivity contribution in [3.05, 3.63) is 59.1 Å². The van der Waals surface area contributed by atoms with Gasteiger partial charge in [0.25, 0.3) is 15.9 Å². The molecule has 3 rings (SSSR count). The highest BCUT2D eigenvalue weighted by Gasteiger charge is 2.20. The van der Waals surface area contributed by atoms with Crippen molar-refractivity contribution in [2.75, 3.05) is 17.8 Å². The second-order valence-corrected chi connectivity index (χ2v) is 9.64. The average molecular weight is 464 g/mol. The van der Waals surface area contributed by atoms with E-state index in [1.54, 1.807) is 18.2 Å². The number of nitrogens with one attached hydrogen (secondary N) is 3. The molecule has 3 N–H and O–H groups in total. The fourth-order valence-electron chi connectivity index (χ4n) is 3.54. The SMILES string of the molecule is O=C(NCCNC(=O)C1CCCCC1)c1cccc(S(=O)(=O)Nc2cccc(Cl)c2)c1. The van der Waals surface area contributed by atoms with Crippen molar-refractivity contribution < 1.29 is 18.0 Å². The lowest BCUT2D eigenvalue weighted by Gasteiger charge is -2.20. The fraction of sp³-hybridized carbons (Fsp3) is 0.364. The summed E-state index contributed by atoms with van der Waals surface area (Å²) in [6, 6.07) is 12.1. The first-order chi connectivity index (χ1) is 14.8. The molecule has 0 saturated heterocycles. The Balaban J connectivity index is 1.54. The van der Waals surface area contributed by atoms with Gasteiger partial charge in [-0.25, -0.2) is 8.42 Å². The topological polar surface area (TPSA) is 104 Å². The molecule has 2 aromatic rings. The average Bonchev–Trinajstić information content (AvgIpc) is 2.77. The van der Waals surface area contributed by atoms with E-state index < -0.39 is 15.9 Å². The first-order valence-electron chi connectivity index (χ1n) is 10.3. The Hall–Kier alpha value is -2.58. The number of carbonyl (C=O) groups is 2. The van der Waals surface area contributed by atoms with Crippen molar-refractivity contribution in [3.8, 4) is 0 Å². The molecule has 0 radical (unpaired) electrons. The predicted octanol–water partition coefficient (Wildman–Crippen LogP) is 3.57. The van der Waals surface area contributed by atoms with E-state index in [1.807, 2.05) is 0 Å². The maximum Gasteiger partial charge on any atom is 0.261 e. The Morgan fingerprint density at radius 1 is 0.935 bits per heavy atom. The van der Waals surface area contributed by atoms with Crippen molar-refractivity contribution in [3.63, 3.8) is 0 Å². The van der Waals surface area contributed by atoms with Gasteiger partial charge in [0.2, 0.25) is 5.91 Å². The summed E-state index contributed by atoms with van der Waals surface area (Å²) in [7, 11) is -3.88. The van der Waals surface area contributed by atoms with Crippen molar-refractivity contribution in [2.45, 2.75) is 37.0 Å². The van der Waals surface area contributed by atoms with Crippen LogP contribution < -0.4 is 15.4 Å². The molecule has 2 amide bonds. The summed E-state index contributed by atoms with van der Waals surface area (Å²) in [5, 5.41) is 5.97. The molecule has 1 aliphatic carbocycles. The molecule has 2 aromatic carbocycles. The summed E-state index contributed by atoms with van der Waals surface area (Å²) in [5.74, 6) is -0.306. The molecule has 166 valence electrons. The number of hydrogen-bond donors (Lipinski definition) is 3. The molecule has 7 nitrogen and oxygen atoms in total. The standard InChI is InChI=1S/C22H26ClN3O4S/c23-18-9-5-10-19(15-18)26-31(29,30)20-11-4-8-17(14-20)22(28)25-13-12-24-21(27)16-6-2-1-3-7-16/h4-5,8-11,14-16,26H,1-3,6-7,12-13H2,(H,24,27)(H,25,28). The largest absolute Gasteiger partial charge is 0.354 e. The molecule has 0 unspecified atom stereocenters.